The monoisotopic (exact) mass is 471 g/mol. The topological polar surface area (TPSA) is 106 Å². The molecule has 1 amide bonds. The molecule has 0 saturated heterocycles. The number of hydrogen-bond acceptors (Lipinski definition) is 6. The van der Waals surface area contributed by atoms with Gasteiger partial charge in [-0.2, -0.15) is 0 Å². The van der Waals surface area contributed by atoms with Crippen LogP contribution < -0.4 is 10.2 Å². The van der Waals surface area contributed by atoms with Crippen LogP contribution in [0.15, 0.2) is 76.9 Å². The number of nitro groups is 1. The maximum atomic E-state index is 13.6. The standard InChI is InChI=1S/C27H25N3O5/c1-16(31)29-21-11-7-5-9-18(21)28-19-14-27(2,3)15-22(32)25(19)26(29)24-13-12-23(35-24)17-8-4-6-10-20(17)30(33)34/h4-14,25-26,28H,15H2,1-3H3. The van der Waals surface area contributed by atoms with E-state index in [0.717, 1.165) is 11.4 Å². The Balaban J connectivity index is 1.71. The van der Waals surface area contributed by atoms with Crippen LogP contribution in [0.2, 0.25) is 0 Å². The van der Waals surface area contributed by atoms with E-state index < -0.39 is 16.9 Å². The highest BCUT2D eigenvalue weighted by Gasteiger charge is 2.47. The third kappa shape index (κ3) is 3.90. The molecule has 1 aromatic heterocycles. The molecule has 2 aliphatic rings. The number of carbonyl (C=O) groups is 2. The predicted molar refractivity (Wildman–Crippen MR) is 132 cm³/mol. The summed E-state index contributed by atoms with van der Waals surface area (Å²) < 4.78 is 6.19. The van der Waals surface area contributed by atoms with Gasteiger partial charge in [0.15, 0.2) is 0 Å². The first-order chi connectivity index (χ1) is 16.7. The molecule has 1 aliphatic heterocycles. The Morgan fingerprint density at radius 3 is 2.57 bits per heavy atom. The van der Waals surface area contributed by atoms with Crippen molar-refractivity contribution in [3.63, 3.8) is 0 Å². The molecule has 2 heterocycles. The van der Waals surface area contributed by atoms with Crippen molar-refractivity contribution >= 4 is 28.8 Å². The highest BCUT2D eigenvalue weighted by atomic mass is 16.6. The van der Waals surface area contributed by atoms with Crippen LogP contribution in [-0.2, 0) is 9.59 Å². The molecule has 0 spiro atoms. The Hall–Kier alpha value is -4.20. The summed E-state index contributed by atoms with van der Waals surface area (Å²) in [5, 5.41) is 15.0. The summed E-state index contributed by atoms with van der Waals surface area (Å²) in [6.45, 7) is 5.47. The summed E-state index contributed by atoms with van der Waals surface area (Å²) in [5.74, 6) is -0.241. The fourth-order valence-electron chi connectivity index (χ4n) is 5.15. The van der Waals surface area contributed by atoms with Gasteiger partial charge < -0.3 is 9.73 Å². The van der Waals surface area contributed by atoms with Gasteiger partial charge in [-0.25, -0.2) is 0 Å². The molecule has 2 aromatic carbocycles. The van der Waals surface area contributed by atoms with Gasteiger partial charge in [-0.1, -0.05) is 44.2 Å². The Bertz CT molecular complexity index is 1390. The number of rotatable bonds is 3. The molecule has 0 saturated carbocycles. The molecule has 178 valence electrons. The molecule has 8 nitrogen and oxygen atoms in total. The number of anilines is 2. The number of furan rings is 1. The number of nitrogens with zero attached hydrogens (tertiary/aromatic N) is 2. The molecule has 1 N–H and O–H groups in total. The van der Waals surface area contributed by atoms with E-state index in [1.54, 1.807) is 35.2 Å². The zero-order valence-electron chi connectivity index (χ0n) is 19.6. The second-order valence-electron chi connectivity index (χ2n) is 9.66. The first-order valence-corrected chi connectivity index (χ1v) is 11.4. The molecular weight excluding hydrogens is 446 g/mol. The average Bonchev–Trinajstić information content (AvgIpc) is 3.22. The zero-order valence-corrected chi connectivity index (χ0v) is 19.6. The lowest BCUT2D eigenvalue weighted by atomic mass is 9.73. The maximum absolute atomic E-state index is 13.6. The van der Waals surface area contributed by atoms with E-state index in [0.29, 0.717) is 29.2 Å². The third-order valence-electron chi connectivity index (χ3n) is 6.52. The number of fused-ring (bicyclic) bond motifs is 2. The van der Waals surface area contributed by atoms with Crippen LogP contribution >= 0.6 is 0 Å². The van der Waals surface area contributed by atoms with Crippen LogP contribution in [0.1, 0.15) is 39.0 Å². The normalized spacial score (nSPS) is 20.7. The van der Waals surface area contributed by atoms with Gasteiger partial charge >= 0.3 is 0 Å². The van der Waals surface area contributed by atoms with Crippen molar-refractivity contribution in [3.8, 4) is 11.3 Å². The van der Waals surface area contributed by atoms with Gasteiger partial charge in [0.25, 0.3) is 5.69 Å². The fraction of sp³-hybridized carbons (Fsp3) is 0.259. The molecule has 0 radical (unpaired) electrons. The van der Waals surface area contributed by atoms with E-state index in [-0.39, 0.29) is 22.8 Å². The van der Waals surface area contributed by atoms with Crippen molar-refractivity contribution in [1.82, 2.24) is 0 Å². The number of para-hydroxylation sites is 3. The van der Waals surface area contributed by atoms with Gasteiger partial charge in [0.1, 0.15) is 23.3 Å². The van der Waals surface area contributed by atoms with Crippen molar-refractivity contribution in [2.45, 2.75) is 33.2 Å². The number of allylic oxidation sites excluding steroid dienone is 1. The Kier molecular flexibility index (Phi) is 5.31. The Labute approximate surface area is 202 Å². The van der Waals surface area contributed by atoms with Gasteiger partial charge in [-0.15, -0.1) is 0 Å². The molecular formula is C27H25N3O5. The van der Waals surface area contributed by atoms with Crippen LogP contribution in [0, 0.1) is 21.4 Å². The summed E-state index contributed by atoms with van der Waals surface area (Å²) >= 11 is 0. The maximum Gasteiger partial charge on any atom is 0.280 e. The number of benzene rings is 2. The highest BCUT2D eigenvalue weighted by molar-refractivity contribution is 6.00. The highest BCUT2D eigenvalue weighted by Crippen LogP contribution is 2.49. The van der Waals surface area contributed by atoms with Crippen molar-refractivity contribution < 1.29 is 18.9 Å². The van der Waals surface area contributed by atoms with Crippen LogP contribution in [0.5, 0.6) is 0 Å². The number of carbonyl (C=O) groups excluding carboxylic acids is 2. The quantitative estimate of drug-likeness (QED) is 0.378. The molecule has 2 unspecified atom stereocenters. The minimum Gasteiger partial charge on any atom is -0.459 e. The van der Waals surface area contributed by atoms with Crippen molar-refractivity contribution in [2.24, 2.45) is 11.3 Å². The largest absolute Gasteiger partial charge is 0.459 e. The number of hydrogen-bond donors (Lipinski definition) is 1. The van der Waals surface area contributed by atoms with Gasteiger partial charge in [0.05, 0.1) is 27.8 Å². The van der Waals surface area contributed by atoms with Crippen LogP contribution in [0.4, 0.5) is 17.1 Å². The molecule has 0 fully saturated rings. The average molecular weight is 472 g/mol. The minimum atomic E-state index is -0.755. The number of Topliss-reactive ketones (excluding diaryl/α,β-unsaturated/α-hetero) is 1. The lowest BCUT2D eigenvalue weighted by Gasteiger charge is -2.37. The number of nitrogens with one attached hydrogen (secondary N) is 1. The molecule has 35 heavy (non-hydrogen) atoms. The molecule has 0 bridgehead atoms. The Morgan fingerprint density at radius 1 is 1.11 bits per heavy atom. The van der Waals surface area contributed by atoms with E-state index in [2.05, 4.69) is 11.4 Å². The fourth-order valence-corrected chi connectivity index (χ4v) is 5.15. The molecule has 3 aromatic rings. The first kappa shape index (κ1) is 22.6. The van der Waals surface area contributed by atoms with E-state index >= 15 is 0 Å². The summed E-state index contributed by atoms with van der Waals surface area (Å²) in [6, 6.07) is 16.3. The molecule has 2 atom stereocenters. The summed E-state index contributed by atoms with van der Waals surface area (Å²) in [5.41, 5.74) is 1.97. The van der Waals surface area contributed by atoms with Crippen molar-refractivity contribution in [2.75, 3.05) is 10.2 Å². The minimum absolute atomic E-state index is 0.00676. The van der Waals surface area contributed by atoms with Gasteiger partial charge in [0.2, 0.25) is 5.91 Å². The van der Waals surface area contributed by atoms with E-state index in [1.807, 2.05) is 38.1 Å². The molecule has 1 aliphatic carbocycles. The molecule has 8 heteroatoms. The number of nitro benzene ring substituents is 1. The lowest BCUT2D eigenvalue weighted by Crippen LogP contribution is -2.42. The smallest absolute Gasteiger partial charge is 0.280 e. The Morgan fingerprint density at radius 2 is 1.83 bits per heavy atom. The number of amides is 1. The van der Waals surface area contributed by atoms with Crippen molar-refractivity contribution in [1.29, 1.82) is 0 Å². The van der Waals surface area contributed by atoms with Crippen LogP contribution in [0.3, 0.4) is 0 Å². The van der Waals surface area contributed by atoms with Crippen LogP contribution in [0.25, 0.3) is 11.3 Å². The van der Waals surface area contributed by atoms with Gasteiger partial charge in [-0.05, 0) is 35.7 Å². The second kappa shape index (κ2) is 8.23. The van der Waals surface area contributed by atoms with Crippen LogP contribution in [-0.4, -0.2) is 16.6 Å². The van der Waals surface area contributed by atoms with E-state index in [4.69, 9.17) is 4.42 Å². The van der Waals surface area contributed by atoms with E-state index in [1.165, 1.54) is 13.0 Å². The summed E-state index contributed by atoms with van der Waals surface area (Å²) in [7, 11) is 0. The third-order valence-corrected chi connectivity index (χ3v) is 6.52. The first-order valence-electron chi connectivity index (χ1n) is 11.4. The van der Waals surface area contributed by atoms with Crippen molar-refractivity contribution in [3.05, 3.63) is 88.3 Å². The second-order valence-corrected chi connectivity index (χ2v) is 9.66. The molecule has 5 rings (SSSR count). The lowest BCUT2D eigenvalue weighted by molar-refractivity contribution is -0.384. The van der Waals surface area contributed by atoms with Gasteiger partial charge in [-0.3, -0.25) is 24.6 Å². The number of ketones is 1. The van der Waals surface area contributed by atoms with E-state index in [9.17, 15) is 19.7 Å². The predicted octanol–water partition coefficient (Wildman–Crippen LogP) is 5.87. The summed E-state index contributed by atoms with van der Waals surface area (Å²) in [6.07, 6.45) is 2.37. The van der Waals surface area contributed by atoms with Gasteiger partial charge in [0, 0.05) is 25.1 Å². The summed E-state index contributed by atoms with van der Waals surface area (Å²) in [4.78, 5) is 39.3. The SMILES string of the molecule is CC(=O)N1c2ccccc2NC2=CC(C)(C)CC(=O)C2C1c1ccc(-c2ccccc2[N+](=O)[O-])o1. The zero-order chi connectivity index (χ0) is 24.9.